The number of aliphatic carboxylic acids is 2. The van der Waals surface area contributed by atoms with Crippen LogP contribution in [-0.2, 0) is 14.4 Å². The van der Waals surface area contributed by atoms with Crippen LogP contribution in [0.1, 0.15) is 6.92 Å². The number of amides is 1. The first-order valence-electron chi connectivity index (χ1n) is 3.75. The first-order chi connectivity index (χ1) is 6.43. The van der Waals surface area contributed by atoms with E-state index in [1.54, 1.807) is 0 Å². The van der Waals surface area contributed by atoms with E-state index >= 15 is 0 Å². The molecule has 0 spiro atoms. The van der Waals surface area contributed by atoms with E-state index in [1.807, 2.05) is 0 Å². The van der Waals surface area contributed by atoms with Crippen LogP contribution < -0.4 is 5.32 Å². The smallest absolute Gasteiger partial charge is 0.325 e. The topological polar surface area (TPSA) is 104 Å². The molecule has 0 aliphatic rings. The Hall–Kier alpha value is -1.24. The molecule has 6 nitrogen and oxygen atoms in total. The average molecular weight is 221 g/mol. The van der Waals surface area contributed by atoms with E-state index in [4.69, 9.17) is 10.2 Å². The predicted octanol–water partition coefficient (Wildman–Crippen LogP) is -0.606. The molecule has 0 rings (SSSR count). The highest BCUT2D eigenvalue weighted by molar-refractivity contribution is 8.00. The van der Waals surface area contributed by atoms with Gasteiger partial charge in [-0.2, -0.15) is 0 Å². The van der Waals surface area contributed by atoms with Gasteiger partial charge in [0.15, 0.2) is 0 Å². The first-order valence-corrected chi connectivity index (χ1v) is 4.90. The molecule has 0 aliphatic carbocycles. The average Bonchev–Trinajstić information content (AvgIpc) is 2.02. The molecule has 0 heterocycles. The van der Waals surface area contributed by atoms with Crippen molar-refractivity contribution in [2.75, 3.05) is 11.5 Å². The summed E-state index contributed by atoms with van der Waals surface area (Å²) in [4.78, 5) is 31.3. The number of thioether (sulfide) groups is 1. The van der Waals surface area contributed by atoms with Crippen LogP contribution in [-0.4, -0.2) is 45.6 Å². The van der Waals surface area contributed by atoms with Crippen molar-refractivity contribution in [2.24, 2.45) is 0 Å². The maximum Gasteiger partial charge on any atom is 0.325 e. The monoisotopic (exact) mass is 221 g/mol. The molecule has 3 N–H and O–H groups in total. The van der Waals surface area contributed by atoms with Crippen molar-refractivity contribution in [3.63, 3.8) is 0 Å². The van der Waals surface area contributed by atoms with Crippen LogP contribution in [0.4, 0.5) is 0 Å². The van der Waals surface area contributed by atoms with Gasteiger partial charge >= 0.3 is 11.9 Å². The number of hydrogen-bond donors (Lipinski definition) is 3. The molecule has 0 aromatic heterocycles. The largest absolute Gasteiger partial charge is 0.481 e. The van der Waals surface area contributed by atoms with Crippen molar-refractivity contribution in [1.82, 2.24) is 5.32 Å². The Morgan fingerprint density at radius 1 is 1.29 bits per heavy atom. The van der Waals surface area contributed by atoms with Crippen LogP contribution in [0.2, 0.25) is 0 Å². The summed E-state index contributed by atoms with van der Waals surface area (Å²) < 4.78 is 0. The lowest BCUT2D eigenvalue weighted by Crippen LogP contribution is -2.39. The molecule has 80 valence electrons. The van der Waals surface area contributed by atoms with Gasteiger partial charge in [0, 0.05) is 0 Å². The number of nitrogens with one attached hydrogen (secondary N) is 1. The fourth-order valence-corrected chi connectivity index (χ4v) is 1.12. The number of carboxylic acid groups (broad SMARTS) is 2. The Balaban J connectivity index is 3.65. The molecule has 1 atom stereocenters. The van der Waals surface area contributed by atoms with Gasteiger partial charge in [0.25, 0.3) is 0 Å². The summed E-state index contributed by atoms with van der Waals surface area (Å²) in [5, 5.41) is 18.9. The second-order valence-electron chi connectivity index (χ2n) is 2.51. The zero-order valence-corrected chi connectivity index (χ0v) is 8.34. The summed E-state index contributed by atoms with van der Waals surface area (Å²) in [5.41, 5.74) is 0. The van der Waals surface area contributed by atoms with E-state index < -0.39 is 23.9 Å². The minimum Gasteiger partial charge on any atom is -0.481 e. The Labute approximate surface area is 84.7 Å². The third-order valence-corrected chi connectivity index (χ3v) is 2.12. The standard InChI is InChI=1S/C7H11NO5S/c1-4(7(12)13)8-5(9)2-14-3-6(10)11/h4H,2-3H2,1H3,(H,8,9)(H,10,11)(H,12,13)/t4-/m1/s1. The molecule has 0 radical (unpaired) electrons. The van der Waals surface area contributed by atoms with Crippen LogP contribution in [0.15, 0.2) is 0 Å². The van der Waals surface area contributed by atoms with E-state index in [0.29, 0.717) is 0 Å². The van der Waals surface area contributed by atoms with Crippen molar-refractivity contribution >= 4 is 29.6 Å². The number of rotatable bonds is 6. The molecule has 0 saturated carbocycles. The number of carbonyl (C=O) groups excluding carboxylic acids is 1. The molecular weight excluding hydrogens is 210 g/mol. The second kappa shape index (κ2) is 6.25. The fraction of sp³-hybridized carbons (Fsp3) is 0.571. The zero-order chi connectivity index (χ0) is 11.1. The molecule has 0 saturated heterocycles. The Bertz CT molecular complexity index is 242. The minimum atomic E-state index is -1.12. The van der Waals surface area contributed by atoms with Crippen molar-refractivity contribution in [1.29, 1.82) is 0 Å². The molecule has 1 amide bonds. The molecule has 7 heteroatoms. The SMILES string of the molecule is C[C@@H](NC(=O)CSCC(=O)O)C(=O)O. The molecule has 14 heavy (non-hydrogen) atoms. The van der Waals surface area contributed by atoms with Crippen LogP contribution >= 0.6 is 11.8 Å². The Morgan fingerprint density at radius 3 is 2.29 bits per heavy atom. The lowest BCUT2D eigenvalue weighted by Gasteiger charge is -2.07. The quantitative estimate of drug-likeness (QED) is 0.553. The van der Waals surface area contributed by atoms with Gasteiger partial charge in [-0.25, -0.2) is 0 Å². The number of carbonyl (C=O) groups is 3. The zero-order valence-electron chi connectivity index (χ0n) is 7.52. The van der Waals surface area contributed by atoms with Crippen LogP contribution in [0, 0.1) is 0 Å². The fourth-order valence-electron chi connectivity index (χ4n) is 0.576. The Morgan fingerprint density at radius 2 is 1.86 bits per heavy atom. The summed E-state index contributed by atoms with van der Waals surface area (Å²) in [6.45, 7) is 1.34. The highest BCUT2D eigenvalue weighted by atomic mass is 32.2. The van der Waals surface area contributed by atoms with Gasteiger partial charge in [0.2, 0.25) is 5.91 Å². The van der Waals surface area contributed by atoms with E-state index in [-0.39, 0.29) is 11.5 Å². The third kappa shape index (κ3) is 6.30. The first kappa shape index (κ1) is 12.8. The molecule has 0 fully saturated rings. The summed E-state index contributed by atoms with van der Waals surface area (Å²) in [7, 11) is 0. The van der Waals surface area contributed by atoms with Gasteiger partial charge in [-0.05, 0) is 6.92 Å². The van der Waals surface area contributed by atoms with E-state index in [2.05, 4.69) is 5.32 Å². The highest BCUT2D eigenvalue weighted by Crippen LogP contribution is 1.98. The second-order valence-corrected chi connectivity index (χ2v) is 3.50. The van der Waals surface area contributed by atoms with Crippen LogP contribution in [0.3, 0.4) is 0 Å². The molecule has 0 unspecified atom stereocenters. The number of hydrogen-bond acceptors (Lipinski definition) is 4. The van der Waals surface area contributed by atoms with Crippen molar-refractivity contribution in [3.8, 4) is 0 Å². The molecule has 0 aromatic rings. The van der Waals surface area contributed by atoms with Gasteiger partial charge in [-0.15, -0.1) is 11.8 Å². The maximum atomic E-state index is 11.0. The van der Waals surface area contributed by atoms with Crippen LogP contribution in [0.25, 0.3) is 0 Å². The highest BCUT2D eigenvalue weighted by Gasteiger charge is 2.13. The molecule has 0 aliphatic heterocycles. The van der Waals surface area contributed by atoms with Crippen molar-refractivity contribution in [2.45, 2.75) is 13.0 Å². The summed E-state index contributed by atoms with van der Waals surface area (Å²) >= 11 is 0.919. The van der Waals surface area contributed by atoms with Gasteiger partial charge in [0.1, 0.15) is 6.04 Å². The van der Waals surface area contributed by atoms with E-state index in [1.165, 1.54) is 6.92 Å². The van der Waals surface area contributed by atoms with Gasteiger partial charge < -0.3 is 15.5 Å². The van der Waals surface area contributed by atoms with Crippen molar-refractivity contribution < 1.29 is 24.6 Å². The van der Waals surface area contributed by atoms with Gasteiger partial charge in [0.05, 0.1) is 11.5 Å². The lowest BCUT2D eigenvalue weighted by atomic mass is 10.3. The Kier molecular flexibility index (Phi) is 5.70. The normalized spacial score (nSPS) is 11.8. The molecule has 0 bridgehead atoms. The maximum absolute atomic E-state index is 11.0. The van der Waals surface area contributed by atoms with Crippen LogP contribution in [0.5, 0.6) is 0 Å². The third-order valence-electron chi connectivity index (χ3n) is 1.21. The number of carboxylic acids is 2. The van der Waals surface area contributed by atoms with E-state index in [0.717, 1.165) is 11.8 Å². The van der Waals surface area contributed by atoms with Crippen molar-refractivity contribution in [3.05, 3.63) is 0 Å². The minimum absolute atomic E-state index is 0.0517. The van der Waals surface area contributed by atoms with E-state index in [9.17, 15) is 14.4 Å². The summed E-state index contributed by atoms with van der Waals surface area (Å²) in [5.74, 6) is -2.83. The molecular formula is C7H11NO5S. The summed E-state index contributed by atoms with van der Waals surface area (Å²) in [6, 6.07) is -0.951. The van der Waals surface area contributed by atoms with Gasteiger partial charge in [-0.1, -0.05) is 0 Å². The lowest BCUT2D eigenvalue weighted by molar-refractivity contribution is -0.141. The summed E-state index contributed by atoms with van der Waals surface area (Å²) in [6.07, 6.45) is 0. The predicted molar refractivity (Wildman–Crippen MR) is 50.2 cm³/mol. The molecule has 0 aromatic carbocycles. The van der Waals surface area contributed by atoms with Gasteiger partial charge in [-0.3, -0.25) is 14.4 Å².